The molecular weight excluding hydrogens is 288 g/mol. The van der Waals surface area contributed by atoms with Crippen molar-refractivity contribution in [3.05, 3.63) is 5.01 Å². The molecule has 7 heteroatoms. The summed E-state index contributed by atoms with van der Waals surface area (Å²) in [6.45, 7) is 8.90. The smallest absolute Gasteiger partial charge is 0.229 e. The minimum Gasteiger partial charge on any atom is -0.342 e. The minimum atomic E-state index is -0.362. The maximum Gasteiger partial charge on any atom is 0.229 e. The lowest BCUT2D eigenvalue weighted by molar-refractivity contribution is -0.142. The van der Waals surface area contributed by atoms with E-state index in [9.17, 15) is 9.59 Å². The van der Waals surface area contributed by atoms with Crippen molar-refractivity contribution < 1.29 is 9.59 Å². The molecule has 2 amide bonds. The number of aromatic nitrogens is 2. The van der Waals surface area contributed by atoms with Crippen LogP contribution in [0.3, 0.4) is 0 Å². The van der Waals surface area contributed by atoms with Gasteiger partial charge in [0.15, 0.2) is 0 Å². The summed E-state index contributed by atoms with van der Waals surface area (Å²) in [4.78, 5) is 26.2. The van der Waals surface area contributed by atoms with Crippen LogP contribution in [0, 0.1) is 18.3 Å². The summed E-state index contributed by atoms with van der Waals surface area (Å²) in [5.74, 6) is 0.0772. The van der Waals surface area contributed by atoms with E-state index in [-0.39, 0.29) is 23.1 Å². The third-order valence-corrected chi connectivity index (χ3v) is 4.30. The maximum atomic E-state index is 12.2. The third-order valence-electron chi connectivity index (χ3n) is 3.55. The van der Waals surface area contributed by atoms with Crippen LogP contribution in [0.2, 0.25) is 0 Å². The Labute approximate surface area is 128 Å². The van der Waals surface area contributed by atoms with Gasteiger partial charge in [-0.2, -0.15) is 0 Å². The van der Waals surface area contributed by atoms with Gasteiger partial charge in [0.1, 0.15) is 5.01 Å². The van der Waals surface area contributed by atoms with E-state index in [4.69, 9.17) is 0 Å². The Morgan fingerprint density at radius 1 is 1.24 bits per heavy atom. The molecule has 1 N–H and O–H groups in total. The number of carbonyl (C=O) groups excluding carboxylic acids is 2. The number of nitrogens with one attached hydrogen (secondary N) is 1. The van der Waals surface area contributed by atoms with Crippen molar-refractivity contribution in [2.45, 2.75) is 40.5 Å². The number of likely N-dealkylation sites (tertiary alicyclic amines) is 1. The van der Waals surface area contributed by atoms with Crippen molar-refractivity contribution in [2.75, 3.05) is 18.4 Å². The Morgan fingerprint density at radius 2 is 1.86 bits per heavy atom. The van der Waals surface area contributed by atoms with Crippen LogP contribution in [0.1, 0.15) is 38.6 Å². The molecule has 0 aliphatic carbocycles. The molecule has 1 fully saturated rings. The zero-order valence-electron chi connectivity index (χ0n) is 13.0. The summed E-state index contributed by atoms with van der Waals surface area (Å²) < 4.78 is 0. The molecule has 0 radical (unpaired) electrons. The molecule has 1 saturated heterocycles. The van der Waals surface area contributed by atoms with Crippen LogP contribution < -0.4 is 5.32 Å². The van der Waals surface area contributed by atoms with Crippen LogP contribution in [0.5, 0.6) is 0 Å². The number of aryl methyl sites for hydroxylation is 1. The Kier molecular flexibility index (Phi) is 4.61. The lowest BCUT2D eigenvalue weighted by Crippen LogP contribution is -2.45. The van der Waals surface area contributed by atoms with Crippen molar-refractivity contribution >= 4 is 28.3 Å². The molecule has 1 aromatic heterocycles. The highest BCUT2D eigenvalue weighted by Gasteiger charge is 2.32. The number of hydrogen-bond acceptors (Lipinski definition) is 5. The normalized spacial score (nSPS) is 16.9. The van der Waals surface area contributed by atoms with E-state index in [0.29, 0.717) is 31.1 Å². The van der Waals surface area contributed by atoms with Gasteiger partial charge in [0.2, 0.25) is 16.9 Å². The van der Waals surface area contributed by atoms with Crippen molar-refractivity contribution in [3.8, 4) is 0 Å². The summed E-state index contributed by atoms with van der Waals surface area (Å²) in [5.41, 5.74) is -0.362. The van der Waals surface area contributed by atoms with Gasteiger partial charge in [0.05, 0.1) is 0 Å². The first-order valence-electron chi connectivity index (χ1n) is 7.17. The van der Waals surface area contributed by atoms with Crippen molar-refractivity contribution in [2.24, 2.45) is 11.3 Å². The predicted octanol–water partition coefficient (Wildman–Crippen LogP) is 2.07. The molecule has 0 unspecified atom stereocenters. The van der Waals surface area contributed by atoms with Gasteiger partial charge >= 0.3 is 0 Å². The van der Waals surface area contributed by atoms with Gasteiger partial charge in [0, 0.05) is 24.4 Å². The van der Waals surface area contributed by atoms with Gasteiger partial charge in [0.25, 0.3) is 0 Å². The molecule has 1 aliphatic rings. The van der Waals surface area contributed by atoms with E-state index in [0.717, 1.165) is 5.01 Å². The molecule has 2 rings (SSSR count). The average molecular weight is 310 g/mol. The van der Waals surface area contributed by atoms with Gasteiger partial charge in [-0.15, -0.1) is 10.2 Å². The van der Waals surface area contributed by atoms with Gasteiger partial charge < -0.3 is 10.2 Å². The lowest BCUT2D eigenvalue weighted by atomic mass is 9.91. The first-order valence-corrected chi connectivity index (χ1v) is 7.99. The van der Waals surface area contributed by atoms with Crippen LogP contribution in [-0.4, -0.2) is 40.0 Å². The quantitative estimate of drug-likeness (QED) is 0.907. The van der Waals surface area contributed by atoms with E-state index in [1.807, 2.05) is 32.6 Å². The number of nitrogens with zero attached hydrogens (tertiary/aromatic N) is 3. The second-order valence-electron chi connectivity index (χ2n) is 6.43. The van der Waals surface area contributed by atoms with Crippen LogP contribution in [-0.2, 0) is 9.59 Å². The van der Waals surface area contributed by atoms with Gasteiger partial charge in [-0.25, -0.2) is 0 Å². The molecule has 1 aromatic rings. The maximum absolute atomic E-state index is 12.2. The van der Waals surface area contributed by atoms with Gasteiger partial charge in [-0.05, 0) is 19.8 Å². The molecule has 21 heavy (non-hydrogen) atoms. The number of amides is 2. The molecule has 1 aliphatic heterocycles. The first kappa shape index (κ1) is 15.9. The summed E-state index contributed by atoms with van der Waals surface area (Å²) in [6.07, 6.45) is 1.40. The second kappa shape index (κ2) is 6.09. The van der Waals surface area contributed by atoms with E-state index in [1.54, 1.807) is 0 Å². The number of anilines is 1. The monoisotopic (exact) mass is 310 g/mol. The Morgan fingerprint density at radius 3 is 2.33 bits per heavy atom. The molecule has 0 bridgehead atoms. The molecule has 0 aromatic carbocycles. The standard InChI is InChI=1S/C14H22N4O2S/c1-9-16-17-13(21-9)15-11(19)10-5-7-18(8-6-10)12(20)14(2,3)4/h10H,5-8H2,1-4H3,(H,15,17,19). The molecule has 0 saturated carbocycles. The molecule has 116 valence electrons. The lowest BCUT2D eigenvalue weighted by Gasteiger charge is -2.35. The third kappa shape index (κ3) is 4.00. The summed E-state index contributed by atoms with van der Waals surface area (Å²) >= 11 is 1.37. The van der Waals surface area contributed by atoms with E-state index in [1.165, 1.54) is 11.3 Å². The molecule has 0 atom stereocenters. The average Bonchev–Trinajstić information content (AvgIpc) is 2.82. The highest BCUT2D eigenvalue weighted by atomic mass is 32.1. The van der Waals surface area contributed by atoms with Crippen LogP contribution in [0.4, 0.5) is 5.13 Å². The SMILES string of the molecule is Cc1nnc(NC(=O)C2CCN(C(=O)C(C)(C)C)CC2)s1. The van der Waals surface area contributed by atoms with Crippen molar-refractivity contribution in [1.29, 1.82) is 0 Å². The van der Waals surface area contributed by atoms with Crippen LogP contribution in [0.15, 0.2) is 0 Å². The number of piperidine rings is 1. The first-order chi connectivity index (χ1) is 9.77. The fourth-order valence-electron chi connectivity index (χ4n) is 2.37. The molecular formula is C14H22N4O2S. The summed E-state index contributed by atoms with van der Waals surface area (Å²) in [5, 5.41) is 12.0. The minimum absolute atomic E-state index is 0.0194. The Balaban J connectivity index is 1.86. The second-order valence-corrected chi connectivity index (χ2v) is 7.61. The summed E-state index contributed by atoms with van der Waals surface area (Å²) in [6, 6.07) is 0. The van der Waals surface area contributed by atoms with Crippen molar-refractivity contribution in [1.82, 2.24) is 15.1 Å². The van der Waals surface area contributed by atoms with Gasteiger partial charge in [-0.3, -0.25) is 9.59 Å². The molecule has 2 heterocycles. The van der Waals surface area contributed by atoms with E-state index >= 15 is 0 Å². The van der Waals surface area contributed by atoms with Crippen LogP contribution in [0.25, 0.3) is 0 Å². The fraction of sp³-hybridized carbons (Fsp3) is 0.714. The number of carbonyl (C=O) groups is 2. The topological polar surface area (TPSA) is 75.2 Å². The zero-order chi connectivity index (χ0) is 15.6. The van der Waals surface area contributed by atoms with E-state index in [2.05, 4.69) is 15.5 Å². The Hall–Kier alpha value is -1.50. The predicted molar refractivity (Wildman–Crippen MR) is 82.0 cm³/mol. The molecule has 6 nitrogen and oxygen atoms in total. The highest BCUT2D eigenvalue weighted by molar-refractivity contribution is 7.15. The summed E-state index contributed by atoms with van der Waals surface area (Å²) in [7, 11) is 0. The zero-order valence-corrected chi connectivity index (χ0v) is 13.8. The van der Waals surface area contributed by atoms with Gasteiger partial charge in [-0.1, -0.05) is 32.1 Å². The number of rotatable bonds is 2. The highest BCUT2D eigenvalue weighted by Crippen LogP contribution is 2.25. The number of hydrogen-bond donors (Lipinski definition) is 1. The largest absolute Gasteiger partial charge is 0.342 e. The molecule has 0 spiro atoms. The van der Waals surface area contributed by atoms with Crippen molar-refractivity contribution in [3.63, 3.8) is 0 Å². The van der Waals surface area contributed by atoms with Crippen LogP contribution >= 0.6 is 11.3 Å². The fourth-order valence-corrected chi connectivity index (χ4v) is 2.97. The Bertz CT molecular complexity index is 527. The van der Waals surface area contributed by atoms with E-state index < -0.39 is 0 Å².